The van der Waals surface area contributed by atoms with Crippen LogP contribution in [0.25, 0.3) is 0 Å². The molecule has 1 aliphatic rings. The number of hydrogen-bond donors (Lipinski definition) is 1. The Labute approximate surface area is 98.1 Å². The highest BCUT2D eigenvalue weighted by Crippen LogP contribution is 2.24. The molecule has 0 spiro atoms. The average molecular weight is 222 g/mol. The number of ketones is 1. The molecule has 0 aliphatic heterocycles. The summed E-state index contributed by atoms with van der Waals surface area (Å²) in [5.41, 5.74) is 0.869. The van der Waals surface area contributed by atoms with Gasteiger partial charge in [-0.3, -0.25) is 4.79 Å². The zero-order chi connectivity index (χ0) is 12.1. The number of rotatable bonds is 1. The predicted octanol–water partition coefficient (Wildman–Crippen LogP) is 2.88. The molecular formula is C14H22O2. The van der Waals surface area contributed by atoms with Crippen molar-refractivity contribution in [2.45, 2.75) is 45.6 Å². The van der Waals surface area contributed by atoms with E-state index < -0.39 is 6.10 Å². The van der Waals surface area contributed by atoms with Gasteiger partial charge in [-0.1, -0.05) is 26.5 Å². The van der Waals surface area contributed by atoms with Crippen LogP contribution in [-0.2, 0) is 4.79 Å². The lowest BCUT2D eigenvalue weighted by Crippen LogP contribution is -2.15. The normalized spacial score (nSPS) is 30.5. The minimum atomic E-state index is -0.511. The molecule has 90 valence electrons. The number of aliphatic hydroxyl groups is 1. The summed E-state index contributed by atoms with van der Waals surface area (Å²) in [5.74, 6) is 1.04. The molecule has 0 unspecified atom stereocenters. The molecule has 0 amide bonds. The summed E-state index contributed by atoms with van der Waals surface area (Å²) >= 11 is 0. The molecule has 0 aromatic rings. The molecule has 0 aromatic carbocycles. The van der Waals surface area contributed by atoms with Crippen molar-refractivity contribution >= 4 is 5.78 Å². The molecule has 0 saturated carbocycles. The van der Waals surface area contributed by atoms with Crippen molar-refractivity contribution in [3.8, 4) is 0 Å². The van der Waals surface area contributed by atoms with Gasteiger partial charge in [0.1, 0.15) is 0 Å². The number of hydrogen-bond acceptors (Lipinski definition) is 2. The van der Waals surface area contributed by atoms with Gasteiger partial charge < -0.3 is 5.11 Å². The van der Waals surface area contributed by atoms with E-state index in [1.54, 1.807) is 6.08 Å². The molecule has 1 N–H and O–H groups in total. The molecule has 0 saturated heterocycles. The molecular weight excluding hydrogens is 200 g/mol. The van der Waals surface area contributed by atoms with Crippen LogP contribution in [0.15, 0.2) is 24.3 Å². The van der Waals surface area contributed by atoms with Crippen LogP contribution in [0.5, 0.6) is 0 Å². The van der Waals surface area contributed by atoms with Crippen LogP contribution < -0.4 is 0 Å². The highest BCUT2D eigenvalue weighted by Gasteiger charge is 2.16. The van der Waals surface area contributed by atoms with Gasteiger partial charge in [-0.05, 0) is 42.7 Å². The Bertz CT molecular complexity index is 289. The van der Waals surface area contributed by atoms with E-state index in [1.807, 2.05) is 6.08 Å². The number of carbonyl (C=O) groups is 1. The maximum atomic E-state index is 11.5. The summed E-state index contributed by atoms with van der Waals surface area (Å²) < 4.78 is 0. The fourth-order valence-electron chi connectivity index (χ4n) is 1.97. The van der Waals surface area contributed by atoms with Gasteiger partial charge in [0.2, 0.25) is 0 Å². The van der Waals surface area contributed by atoms with Gasteiger partial charge in [0, 0.05) is 6.42 Å². The first-order chi connectivity index (χ1) is 7.50. The second-order valence-corrected chi connectivity index (χ2v) is 4.98. The van der Waals surface area contributed by atoms with Gasteiger partial charge in [0.25, 0.3) is 0 Å². The maximum Gasteiger partial charge on any atom is 0.155 e. The van der Waals surface area contributed by atoms with E-state index in [4.69, 9.17) is 0 Å². The van der Waals surface area contributed by atoms with Gasteiger partial charge in [0.15, 0.2) is 5.78 Å². The first-order valence-electron chi connectivity index (χ1n) is 6.07. The molecule has 2 atom stereocenters. The molecule has 0 aromatic heterocycles. The lowest BCUT2D eigenvalue weighted by atomic mass is 9.86. The fraction of sp³-hybridized carbons (Fsp3) is 0.643. The minimum absolute atomic E-state index is 0.111. The van der Waals surface area contributed by atoms with E-state index >= 15 is 0 Å². The third-order valence-electron chi connectivity index (χ3n) is 3.32. The molecule has 16 heavy (non-hydrogen) atoms. The van der Waals surface area contributed by atoms with Crippen molar-refractivity contribution in [3.05, 3.63) is 24.3 Å². The van der Waals surface area contributed by atoms with Gasteiger partial charge in [-0.25, -0.2) is 0 Å². The Hall–Kier alpha value is -0.890. The van der Waals surface area contributed by atoms with E-state index in [9.17, 15) is 9.90 Å². The summed E-state index contributed by atoms with van der Waals surface area (Å²) in [6.07, 6.45) is 5.95. The van der Waals surface area contributed by atoms with Crippen LogP contribution in [0.4, 0.5) is 0 Å². The Morgan fingerprint density at radius 1 is 1.38 bits per heavy atom. The molecule has 0 fully saturated rings. The Balaban J connectivity index is 2.75. The van der Waals surface area contributed by atoms with Crippen LogP contribution in [0, 0.1) is 11.8 Å². The Morgan fingerprint density at radius 3 is 2.69 bits per heavy atom. The van der Waals surface area contributed by atoms with E-state index in [0.717, 1.165) is 18.4 Å². The number of aliphatic hydroxyl groups excluding tert-OH is 1. The SMILES string of the molecule is C=C1CC[C@@H](C(C)C)/C=C/C(=O)CC[C@H]1O. The van der Waals surface area contributed by atoms with E-state index in [2.05, 4.69) is 20.4 Å². The van der Waals surface area contributed by atoms with Gasteiger partial charge in [0.05, 0.1) is 6.10 Å². The highest BCUT2D eigenvalue weighted by atomic mass is 16.3. The largest absolute Gasteiger partial charge is 0.389 e. The molecule has 2 heteroatoms. The van der Waals surface area contributed by atoms with Gasteiger partial charge >= 0.3 is 0 Å². The van der Waals surface area contributed by atoms with E-state index in [1.165, 1.54) is 0 Å². The summed E-state index contributed by atoms with van der Waals surface area (Å²) in [4.78, 5) is 11.5. The zero-order valence-electron chi connectivity index (χ0n) is 10.3. The summed E-state index contributed by atoms with van der Waals surface area (Å²) in [6.45, 7) is 8.22. The topological polar surface area (TPSA) is 37.3 Å². The van der Waals surface area contributed by atoms with Crippen LogP contribution >= 0.6 is 0 Å². The molecule has 0 radical (unpaired) electrons. The van der Waals surface area contributed by atoms with Crippen molar-refractivity contribution in [3.63, 3.8) is 0 Å². The zero-order valence-corrected chi connectivity index (χ0v) is 10.3. The van der Waals surface area contributed by atoms with Crippen LogP contribution in [0.1, 0.15) is 39.5 Å². The second-order valence-electron chi connectivity index (χ2n) is 4.98. The maximum absolute atomic E-state index is 11.5. The summed E-state index contributed by atoms with van der Waals surface area (Å²) in [5, 5.41) is 9.77. The molecule has 0 heterocycles. The molecule has 1 aliphatic carbocycles. The van der Waals surface area contributed by atoms with Crippen LogP contribution in [0.2, 0.25) is 0 Å². The average Bonchev–Trinajstić information content (AvgIpc) is 2.23. The van der Waals surface area contributed by atoms with E-state index in [-0.39, 0.29) is 5.78 Å². The first kappa shape index (κ1) is 13.2. The second kappa shape index (κ2) is 6.00. The van der Waals surface area contributed by atoms with Crippen molar-refractivity contribution in [2.24, 2.45) is 11.8 Å². The summed E-state index contributed by atoms with van der Waals surface area (Å²) in [7, 11) is 0. The lowest BCUT2D eigenvalue weighted by molar-refractivity contribution is -0.115. The standard InChI is InChI=1S/C14H22O2/c1-10(2)12-5-4-11(3)14(16)9-8-13(15)7-6-12/h6-7,10,12,14,16H,3-5,8-9H2,1-2H3/b7-6+/t12-,14-/m1/s1. The highest BCUT2D eigenvalue weighted by molar-refractivity contribution is 5.89. The Kier molecular flexibility index (Phi) is 4.94. The molecule has 1 rings (SSSR count). The molecule has 0 bridgehead atoms. The summed E-state index contributed by atoms with van der Waals surface area (Å²) in [6, 6.07) is 0. The lowest BCUT2D eigenvalue weighted by Gasteiger charge is -2.20. The monoisotopic (exact) mass is 222 g/mol. The van der Waals surface area contributed by atoms with Gasteiger partial charge in [-0.15, -0.1) is 0 Å². The van der Waals surface area contributed by atoms with Crippen molar-refractivity contribution in [1.82, 2.24) is 0 Å². The first-order valence-corrected chi connectivity index (χ1v) is 6.07. The smallest absolute Gasteiger partial charge is 0.155 e. The van der Waals surface area contributed by atoms with Crippen LogP contribution in [-0.4, -0.2) is 17.0 Å². The van der Waals surface area contributed by atoms with Gasteiger partial charge in [-0.2, -0.15) is 0 Å². The number of allylic oxidation sites excluding steroid dienone is 2. The third kappa shape index (κ3) is 3.93. The van der Waals surface area contributed by atoms with E-state index in [0.29, 0.717) is 24.7 Å². The van der Waals surface area contributed by atoms with Crippen molar-refractivity contribution < 1.29 is 9.90 Å². The molecule has 2 nitrogen and oxygen atoms in total. The quantitative estimate of drug-likeness (QED) is 0.693. The van der Waals surface area contributed by atoms with Crippen LogP contribution in [0.3, 0.4) is 0 Å². The fourth-order valence-corrected chi connectivity index (χ4v) is 1.97. The minimum Gasteiger partial charge on any atom is -0.389 e. The number of carbonyl (C=O) groups excluding carboxylic acids is 1. The van der Waals surface area contributed by atoms with Crippen molar-refractivity contribution in [1.29, 1.82) is 0 Å². The Morgan fingerprint density at radius 2 is 2.06 bits per heavy atom. The van der Waals surface area contributed by atoms with Crippen molar-refractivity contribution in [2.75, 3.05) is 0 Å². The predicted molar refractivity (Wildman–Crippen MR) is 66.1 cm³/mol. The third-order valence-corrected chi connectivity index (χ3v) is 3.32.